The van der Waals surface area contributed by atoms with Gasteiger partial charge in [-0.05, 0) is 54.3 Å². The van der Waals surface area contributed by atoms with Crippen molar-refractivity contribution < 1.29 is 0 Å². The number of hydrogen-bond acceptors (Lipinski definition) is 5. The molecule has 1 aliphatic rings. The Labute approximate surface area is 123 Å². The molecule has 20 heavy (non-hydrogen) atoms. The molecule has 0 spiro atoms. The number of rotatable bonds is 4. The minimum Gasteiger partial charge on any atom is -0.354 e. The van der Waals surface area contributed by atoms with Crippen molar-refractivity contribution in [2.75, 3.05) is 18.0 Å². The molecule has 1 N–H and O–H groups in total. The Hall–Kier alpha value is -1.46. The van der Waals surface area contributed by atoms with Gasteiger partial charge in [0.1, 0.15) is 0 Å². The molecule has 106 valence electrons. The summed E-state index contributed by atoms with van der Waals surface area (Å²) in [6.07, 6.45) is 2.44. The fourth-order valence-electron chi connectivity index (χ4n) is 2.57. The van der Waals surface area contributed by atoms with Crippen molar-refractivity contribution in [3.63, 3.8) is 0 Å². The van der Waals surface area contributed by atoms with E-state index in [0.29, 0.717) is 6.04 Å². The first-order valence-electron chi connectivity index (χ1n) is 7.11. The van der Waals surface area contributed by atoms with Crippen LogP contribution in [0, 0.1) is 6.92 Å². The molecule has 1 fully saturated rings. The summed E-state index contributed by atoms with van der Waals surface area (Å²) >= 11 is 1.76. The monoisotopic (exact) mass is 288 g/mol. The van der Waals surface area contributed by atoms with Crippen LogP contribution in [0.15, 0.2) is 29.0 Å². The van der Waals surface area contributed by atoms with Crippen molar-refractivity contribution >= 4 is 17.2 Å². The minimum atomic E-state index is 0.534. The normalized spacial score (nSPS) is 19.2. The molecule has 0 radical (unpaired) electrons. The number of piperidine rings is 1. The molecule has 4 nitrogen and oxygen atoms in total. The van der Waals surface area contributed by atoms with Gasteiger partial charge >= 0.3 is 0 Å². The number of thiophene rings is 1. The smallest absolute Gasteiger partial charge is 0.151 e. The largest absolute Gasteiger partial charge is 0.354 e. The highest BCUT2D eigenvalue weighted by molar-refractivity contribution is 7.07. The molecule has 1 atom stereocenters. The van der Waals surface area contributed by atoms with Crippen LogP contribution >= 0.6 is 11.3 Å². The maximum absolute atomic E-state index is 4.30. The van der Waals surface area contributed by atoms with Crippen LogP contribution in [-0.2, 0) is 6.54 Å². The molecule has 2 aromatic heterocycles. The van der Waals surface area contributed by atoms with Gasteiger partial charge in [-0.25, -0.2) is 0 Å². The van der Waals surface area contributed by atoms with Gasteiger partial charge in [0.05, 0.1) is 5.69 Å². The van der Waals surface area contributed by atoms with E-state index in [2.05, 4.69) is 43.3 Å². The molecule has 0 amide bonds. The highest BCUT2D eigenvalue weighted by Crippen LogP contribution is 2.17. The van der Waals surface area contributed by atoms with Crippen molar-refractivity contribution in [2.24, 2.45) is 0 Å². The number of nitrogens with one attached hydrogen (secondary N) is 1. The molecule has 0 bridgehead atoms. The molecule has 1 aliphatic heterocycles. The summed E-state index contributed by atoms with van der Waals surface area (Å²) in [7, 11) is 0. The standard InChI is InChI=1S/C15H20N4S/c1-12-4-5-15(18-17-12)19-7-2-3-14(10-19)16-9-13-6-8-20-11-13/h4-6,8,11,14,16H,2-3,7,9-10H2,1H3/t14-/m0/s1. The second-order valence-corrected chi connectivity index (χ2v) is 6.11. The first kappa shape index (κ1) is 13.5. The predicted molar refractivity (Wildman–Crippen MR) is 83.2 cm³/mol. The van der Waals surface area contributed by atoms with Gasteiger partial charge in [-0.15, -0.1) is 5.10 Å². The summed E-state index contributed by atoms with van der Waals surface area (Å²) in [5.41, 5.74) is 2.35. The van der Waals surface area contributed by atoms with Gasteiger partial charge < -0.3 is 10.2 Å². The summed E-state index contributed by atoms with van der Waals surface area (Å²) in [5, 5.41) is 16.4. The molecule has 0 aliphatic carbocycles. The molecule has 0 unspecified atom stereocenters. The van der Waals surface area contributed by atoms with E-state index in [1.54, 1.807) is 11.3 Å². The van der Waals surface area contributed by atoms with E-state index in [-0.39, 0.29) is 0 Å². The van der Waals surface area contributed by atoms with E-state index in [0.717, 1.165) is 31.1 Å². The Bertz CT molecular complexity index is 523. The molecule has 3 heterocycles. The van der Waals surface area contributed by atoms with E-state index >= 15 is 0 Å². The predicted octanol–water partition coefficient (Wildman–Crippen LogP) is 2.61. The molecular weight excluding hydrogens is 268 g/mol. The Kier molecular flexibility index (Phi) is 4.28. The number of nitrogens with zero attached hydrogens (tertiary/aromatic N) is 3. The number of aromatic nitrogens is 2. The van der Waals surface area contributed by atoms with Gasteiger partial charge in [0, 0.05) is 25.7 Å². The second kappa shape index (κ2) is 6.33. The Morgan fingerprint density at radius 3 is 3.05 bits per heavy atom. The summed E-state index contributed by atoms with van der Waals surface area (Å²) in [4.78, 5) is 2.33. The van der Waals surface area contributed by atoms with Crippen molar-refractivity contribution in [3.8, 4) is 0 Å². The molecule has 0 saturated carbocycles. The van der Waals surface area contributed by atoms with E-state index in [9.17, 15) is 0 Å². The van der Waals surface area contributed by atoms with Crippen LogP contribution < -0.4 is 10.2 Å². The molecule has 1 saturated heterocycles. The van der Waals surface area contributed by atoms with E-state index in [1.807, 2.05) is 13.0 Å². The molecule has 2 aromatic rings. The number of hydrogen-bond donors (Lipinski definition) is 1. The summed E-state index contributed by atoms with van der Waals surface area (Å²) in [5.74, 6) is 0.998. The Morgan fingerprint density at radius 1 is 1.35 bits per heavy atom. The molecule has 0 aromatic carbocycles. The number of aryl methyl sites for hydroxylation is 1. The van der Waals surface area contributed by atoms with Crippen molar-refractivity contribution in [1.82, 2.24) is 15.5 Å². The van der Waals surface area contributed by atoms with Crippen LogP contribution in [0.1, 0.15) is 24.1 Å². The van der Waals surface area contributed by atoms with Crippen molar-refractivity contribution in [1.29, 1.82) is 0 Å². The van der Waals surface area contributed by atoms with E-state index in [4.69, 9.17) is 0 Å². The maximum Gasteiger partial charge on any atom is 0.151 e. The van der Waals surface area contributed by atoms with Gasteiger partial charge in [0.2, 0.25) is 0 Å². The number of anilines is 1. The van der Waals surface area contributed by atoms with Crippen LogP contribution in [0.25, 0.3) is 0 Å². The third-order valence-electron chi connectivity index (χ3n) is 3.70. The highest BCUT2D eigenvalue weighted by Gasteiger charge is 2.20. The average molecular weight is 288 g/mol. The van der Waals surface area contributed by atoms with E-state index < -0.39 is 0 Å². The third kappa shape index (κ3) is 3.35. The SMILES string of the molecule is Cc1ccc(N2CCC[C@H](NCc3ccsc3)C2)nn1. The highest BCUT2D eigenvalue weighted by atomic mass is 32.1. The van der Waals surface area contributed by atoms with Crippen molar-refractivity contribution in [2.45, 2.75) is 32.4 Å². The van der Waals surface area contributed by atoms with Crippen LogP contribution in [0.3, 0.4) is 0 Å². The third-order valence-corrected chi connectivity index (χ3v) is 4.44. The summed E-state index contributed by atoms with van der Waals surface area (Å²) in [6, 6.07) is 6.82. The molecule has 3 rings (SSSR count). The quantitative estimate of drug-likeness (QED) is 0.939. The zero-order chi connectivity index (χ0) is 13.8. The van der Waals surface area contributed by atoms with Gasteiger partial charge in [-0.2, -0.15) is 16.4 Å². The lowest BCUT2D eigenvalue weighted by Gasteiger charge is -2.33. The summed E-state index contributed by atoms with van der Waals surface area (Å²) in [6.45, 7) is 5.02. The van der Waals surface area contributed by atoms with Crippen LogP contribution in [0.4, 0.5) is 5.82 Å². The lowest BCUT2D eigenvalue weighted by atomic mass is 10.1. The van der Waals surface area contributed by atoms with E-state index in [1.165, 1.54) is 18.4 Å². The van der Waals surface area contributed by atoms with Gasteiger partial charge in [-0.3, -0.25) is 0 Å². The average Bonchev–Trinajstić information content (AvgIpc) is 3.00. The van der Waals surface area contributed by atoms with Crippen LogP contribution in [-0.4, -0.2) is 29.3 Å². The van der Waals surface area contributed by atoms with Gasteiger partial charge in [0.15, 0.2) is 5.82 Å². The van der Waals surface area contributed by atoms with Gasteiger partial charge in [-0.1, -0.05) is 0 Å². The minimum absolute atomic E-state index is 0.534. The lowest BCUT2D eigenvalue weighted by Crippen LogP contribution is -2.45. The second-order valence-electron chi connectivity index (χ2n) is 5.33. The topological polar surface area (TPSA) is 41.0 Å². The molecular formula is C15H20N4S. The first-order valence-corrected chi connectivity index (χ1v) is 8.05. The van der Waals surface area contributed by atoms with Crippen molar-refractivity contribution in [3.05, 3.63) is 40.2 Å². The zero-order valence-corrected chi connectivity index (χ0v) is 12.6. The fraction of sp³-hybridized carbons (Fsp3) is 0.467. The summed E-state index contributed by atoms with van der Waals surface area (Å²) < 4.78 is 0. The lowest BCUT2D eigenvalue weighted by molar-refractivity contribution is 0.419. The molecule has 5 heteroatoms. The maximum atomic E-state index is 4.30. The van der Waals surface area contributed by atoms with Crippen LogP contribution in [0.2, 0.25) is 0 Å². The van der Waals surface area contributed by atoms with Crippen LogP contribution in [0.5, 0.6) is 0 Å². The fourth-order valence-corrected chi connectivity index (χ4v) is 3.24. The zero-order valence-electron chi connectivity index (χ0n) is 11.7. The Morgan fingerprint density at radius 2 is 2.30 bits per heavy atom. The first-order chi connectivity index (χ1) is 9.81. The van der Waals surface area contributed by atoms with Gasteiger partial charge in [0.25, 0.3) is 0 Å². The Balaban J connectivity index is 1.57.